The van der Waals surface area contributed by atoms with Crippen molar-refractivity contribution in [2.75, 3.05) is 25.5 Å². The molecule has 6 nitrogen and oxygen atoms in total. The number of hydrogen-bond acceptors (Lipinski definition) is 5. The van der Waals surface area contributed by atoms with Gasteiger partial charge in [0.25, 0.3) is 0 Å². The van der Waals surface area contributed by atoms with Crippen LogP contribution in [0.15, 0.2) is 59.6 Å². The molecule has 0 unspecified atom stereocenters. The summed E-state index contributed by atoms with van der Waals surface area (Å²) in [5, 5.41) is 5.04. The normalized spacial score (nSPS) is 11.5. The maximum absolute atomic E-state index is 12.3. The number of benzene rings is 2. The van der Waals surface area contributed by atoms with Gasteiger partial charge in [-0.25, -0.2) is 13.1 Å². The number of sulfonamides is 1. The van der Waals surface area contributed by atoms with E-state index in [0.29, 0.717) is 17.3 Å². The van der Waals surface area contributed by atoms with Crippen LogP contribution in [0.1, 0.15) is 12.8 Å². The zero-order valence-electron chi connectivity index (χ0n) is 15.5. The molecule has 8 heteroatoms. The second kappa shape index (κ2) is 9.23. The van der Waals surface area contributed by atoms with Gasteiger partial charge in [0.15, 0.2) is 0 Å². The first-order valence-electron chi connectivity index (χ1n) is 8.91. The van der Waals surface area contributed by atoms with E-state index in [1.807, 2.05) is 24.3 Å². The third-order valence-corrected chi connectivity index (χ3v) is 6.00. The number of nitrogens with one attached hydrogen (secondary N) is 2. The minimum atomic E-state index is -3.50. The van der Waals surface area contributed by atoms with E-state index in [4.69, 9.17) is 16.3 Å². The standard InChI is InChI=1S/C20H22ClN3O3S/c1-27-16-5-7-17(8-6-16)28(25,26)24-12-3-2-11-22-19-10-13-23-20-14-15(21)4-9-18(19)20/h4-10,13-14,24H,2-3,11-12H2,1H3,(H,22,23). The fraction of sp³-hybridized carbons (Fsp3) is 0.250. The molecule has 2 aromatic carbocycles. The molecule has 0 aliphatic rings. The van der Waals surface area contributed by atoms with Gasteiger partial charge in [-0.2, -0.15) is 0 Å². The predicted octanol–water partition coefficient (Wildman–Crippen LogP) is 4.07. The molecular formula is C20H22ClN3O3S. The van der Waals surface area contributed by atoms with E-state index in [0.717, 1.165) is 36.0 Å². The van der Waals surface area contributed by atoms with Crippen molar-refractivity contribution >= 4 is 38.2 Å². The van der Waals surface area contributed by atoms with Crippen LogP contribution in [-0.4, -0.2) is 33.6 Å². The SMILES string of the molecule is COc1ccc(S(=O)(=O)NCCCCNc2ccnc3cc(Cl)ccc23)cc1. The van der Waals surface area contributed by atoms with E-state index in [1.165, 1.54) is 12.1 Å². The Labute approximate surface area is 169 Å². The van der Waals surface area contributed by atoms with Gasteiger partial charge in [0.1, 0.15) is 5.75 Å². The molecule has 0 bridgehead atoms. The van der Waals surface area contributed by atoms with Gasteiger partial charge < -0.3 is 10.1 Å². The number of aromatic nitrogens is 1. The second-order valence-corrected chi connectivity index (χ2v) is 8.43. The minimum absolute atomic E-state index is 0.230. The smallest absolute Gasteiger partial charge is 0.240 e. The Morgan fingerprint density at radius 2 is 1.79 bits per heavy atom. The number of methoxy groups -OCH3 is 1. The lowest BCUT2D eigenvalue weighted by Gasteiger charge is -2.10. The highest BCUT2D eigenvalue weighted by molar-refractivity contribution is 7.89. The Kier molecular flexibility index (Phi) is 6.72. The number of nitrogens with zero attached hydrogens (tertiary/aromatic N) is 1. The molecule has 1 aromatic heterocycles. The third-order valence-electron chi connectivity index (χ3n) is 4.29. The zero-order chi connectivity index (χ0) is 20.0. The monoisotopic (exact) mass is 419 g/mol. The van der Waals surface area contributed by atoms with Crippen LogP contribution in [0.4, 0.5) is 5.69 Å². The summed E-state index contributed by atoms with van der Waals surface area (Å²) in [5.74, 6) is 0.621. The van der Waals surface area contributed by atoms with E-state index >= 15 is 0 Å². The van der Waals surface area contributed by atoms with Gasteiger partial charge in [-0.05, 0) is 61.4 Å². The van der Waals surface area contributed by atoms with Crippen LogP contribution in [0, 0.1) is 0 Å². The minimum Gasteiger partial charge on any atom is -0.497 e. The first-order chi connectivity index (χ1) is 13.5. The summed E-state index contributed by atoms with van der Waals surface area (Å²) in [6.45, 7) is 1.11. The average Bonchev–Trinajstić information content (AvgIpc) is 2.70. The molecule has 1 heterocycles. The van der Waals surface area contributed by atoms with E-state index in [2.05, 4.69) is 15.0 Å². The Bertz CT molecular complexity index is 1040. The van der Waals surface area contributed by atoms with Gasteiger partial charge in [-0.3, -0.25) is 4.98 Å². The molecule has 0 aliphatic heterocycles. The molecule has 0 spiro atoms. The fourth-order valence-electron chi connectivity index (χ4n) is 2.79. The molecule has 3 aromatic rings. The molecule has 148 valence electrons. The van der Waals surface area contributed by atoms with Crippen LogP contribution in [0.3, 0.4) is 0 Å². The first-order valence-corrected chi connectivity index (χ1v) is 10.8. The van der Waals surface area contributed by atoms with Crippen molar-refractivity contribution < 1.29 is 13.2 Å². The Morgan fingerprint density at radius 3 is 2.54 bits per heavy atom. The highest BCUT2D eigenvalue weighted by Gasteiger charge is 2.13. The molecular weight excluding hydrogens is 398 g/mol. The summed E-state index contributed by atoms with van der Waals surface area (Å²) in [7, 11) is -1.96. The Morgan fingerprint density at radius 1 is 1.04 bits per heavy atom. The summed E-state index contributed by atoms with van der Waals surface area (Å²) in [5.41, 5.74) is 1.82. The van der Waals surface area contributed by atoms with Crippen LogP contribution in [0.2, 0.25) is 5.02 Å². The topological polar surface area (TPSA) is 80.3 Å². The van der Waals surface area contributed by atoms with Gasteiger partial charge in [-0.1, -0.05) is 11.6 Å². The largest absolute Gasteiger partial charge is 0.497 e. The maximum atomic E-state index is 12.3. The molecule has 3 rings (SSSR count). The van der Waals surface area contributed by atoms with Gasteiger partial charge in [0, 0.05) is 35.4 Å². The van der Waals surface area contributed by atoms with E-state index in [9.17, 15) is 8.42 Å². The molecule has 0 atom stereocenters. The molecule has 0 amide bonds. The first kappa shape index (κ1) is 20.4. The van der Waals surface area contributed by atoms with Gasteiger partial charge in [0.05, 0.1) is 17.5 Å². The lowest BCUT2D eigenvalue weighted by atomic mass is 10.2. The van der Waals surface area contributed by atoms with Crippen molar-refractivity contribution in [3.8, 4) is 5.75 Å². The predicted molar refractivity (Wildman–Crippen MR) is 113 cm³/mol. The van der Waals surface area contributed by atoms with E-state index in [1.54, 1.807) is 25.4 Å². The van der Waals surface area contributed by atoms with Crippen molar-refractivity contribution in [1.82, 2.24) is 9.71 Å². The number of unbranched alkanes of at least 4 members (excludes halogenated alkanes) is 1. The number of pyridine rings is 1. The number of hydrogen-bond donors (Lipinski definition) is 2. The summed E-state index contributed by atoms with van der Waals surface area (Å²) in [6, 6.07) is 13.8. The highest BCUT2D eigenvalue weighted by atomic mass is 35.5. The van der Waals surface area contributed by atoms with Crippen LogP contribution >= 0.6 is 11.6 Å². The molecule has 0 radical (unpaired) electrons. The molecule has 28 heavy (non-hydrogen) atoms. The van der Waals surface area contributed by atoms with Crippen LogP contribution < -0.4 is 14.8 Å². The lowest BCUT2D eigenvalue weighted by molar-refractivity contribution is 0.414. The third kappa shape index (κ3) is 5.13. The summed E-state index contributed by atoms with van der Waals surface area (Å²) in [6.07, 6.45) is 3.28. The van der Waals surface area contributed by atoms with E-state index < -0.39 is 10.0 Å². The van der Waals surface area contributed by atoms with Gasteiger partial charge >= 0.3 is 0 Å². The van der Waals surface area contributed by atoms with Crippen molar-refractivity contribution in [2.45, 2.75) is 17.7 Å². The van der Waals surface area contributed by atoms with Crippen LogP contribution in [0.5, 0.6) is 5.75 Å². The number of anilines is 1. The number of halogens is 1. The fourth-order valence-corrected chi connectivity index (χ4v) is 4.03. The molecule has 2 N–H and O–H groups in total. The van der Waals surface area contributed by atoms with Crippen LogP contribution in [-0.2, 0) is 10.0 Å². The average molecular weight is 420 g/mol. The van der Waals surface area contributed by atoms with Crippen molar-refractivity contribution in [3.05, 3.63) is 59.8 Å². The Hall–Kier alpha value is -2.35. The van der Waals surface area contributed by atoms with Crippen molar-refractivity contribution in [3.63, 3.8) is 0 Å². The summed E-state index contributed by atoms with van der Waals surface area (Å²) < 4.78 is 32.2. The number of rotatable bonds is 9. The Balaban J connectivity index is 1.46. The zero-order valence-corrected chi connectivity index (χ0v) is 17.1. The van der Waals surface area contributed by atoms with Gasteiger partial charge in [0.2, 0.25) is 10.0 Å². The molecule has 0 aliphatic carbocycles. The second-order valence-electron chi connectivity index (χ2n) is 6.23. The maximum Gasteiger partial charge on any atom is 0.240 e. The summed E-state index contributed by atoms with van der Waals surface area (Å²) in [4.78, 5) is 4.55. The van der Waals surface area contributed by atoms with Crippen LogP contribution in [0.25, 0.3) is 10.9 Å². The van der Waals surface area contributed by atoms with Crippen molar-refractivity contribution in [1.29, 1.82) is 0 Å². The van der Waals surface area contributed by atoms with E-state index in [-0.39, 0.29) is 4.90 Å². The molecule has 0 saturated heterocycles. The molecule has 0 saturated carbocycles. The molecule has 0 fully saturated rings. The number of fused-ring (bicyclic) bond motifs is 1. The lowest BCUT2D eigenvalue weighted by Crippen LogP contribution is -2.25. The summed E-state index contributed by atoms with van der Waals surface area (Å²) >= 11 is 6.01. The highest BCUT2D eigenvalue weighted by Crippen LogP contribution is 2.24. The number of ether oxygens (including phenoxy) is 1. The van der Waals surface area contributed by atoms with Crippen molar-refractivity contribution in [2.24, 2.45) is 0 Å². The van der Waals surface area contributed by atoms with Gasteiger partial charge in [-0.15, -0.1) is 0 Å². The quantitative estimate of drug-likeness (QED) is 0.511.